The number of aryl methyl sites for hydroxylation is 1. The molecule has 19 heavy (non-hydrogen) atoms. The Morgan fingerprint density at radius 2 is 2.05 bits per heavy atom. The van der Waals surface area contributed by atoms with E-state index in [1.54, 1.807) is 26.1 Å². The van der Waals surface area contributed by atoms with Crippen LogP contribution in [-0.2, 0) is 0 Å². The zero-order valence-corrected chi connectivity index (χ0v) is 13.0. The van der Waals surface area contributed by atoms with Crippen molar-refractivity contribution in [1.29, 1.82) is 0 Å². The Bertz CT molecular complexity index is 515. The Morgan fingerprint density at radius 3 is 2.53 bits per heavy atom. The van der Waals surface area contributed by atoms with Crippen LogP contribution in [0, 0.1) is 17.0 Å². The number of halogens is 1. The molecule has 5 nitrogen and oxygen atoms in total. The SMILES string of the molecule is Cc1cccc([N+](=O)[O-])c1C(=O)N(C)C(C)(C)CBr. The molecule has 0 aliphatic rings. The van der Waals surface area contributed by atoms with Crippen molar-refractivity contribution in [2.24, 2.45) is 0 Å². The summed E-state index contributed by atoms with van der Waals surface area (Å²) in [5.41, 5.74) is 0.190. The van der Waals surface area contributed by atoms with Crippen LogP contribution >= 0.6 is 15.9 Å². The van der Waals surface area contributed by atoms with Crippen LogP contribution in [-0.4, -0.2) is 33.6 Å². The van der Waals surface area contributed by atoms with Gasteiger partial charge in [-0.05, 0) is 26.3 Å². The van der Waals surface area contributed by atoms with E-state index in [1.807, 2.05) is 13.8 Å². The monoisotopic (exact) mass is 328 g/mol. The number of nitro benzene ring substituents is 1. The van der Waals surface area contributed by atoms with Gasteiger partial charge in [0.2, 0.25) is 0 Å². The second-order valence-corrected chi connectivity index (χ2v) is 5.60. The number of rotatable bonds is 4. The van der Waals surface area contributed by atoms with Gasteiger partial charge in [-0.1, -0.05) is 28.1 Å². The van der Waals surface area contributed by atoms with Crippen LogP contribution in [0.2, 0.25) is 0 Å². The standard InChI is InChI=1S/C13H17BrN2O3/c1-9-6-5-7-10(16(18)19)11(9)12(17)15(4)13(2,3)8-14/h5-7H,8H2,1-4H3. The highest BCUT2D eigenvalue weighted by atomic mass is 79.9. The van der Waals surface area contributed by atoms with E-state index >= 15 is 0 Å². The van der Waals surface area contributed by atoms with E-state index in [1.165, 1.54) is 11.0 Å². The molecular weight excluding hydrogens is 312 g/mol. The number of hydrogen-bond donors (Lipinski definition) is 0. The zero-order chi connectivity index (χ0) is 14.8. The van der Waals surface area contributed by atoms with Crippen LogP contribution in [0.4, 0.5) is 5.69 Å². The van der Waals surface area contributed by atoms with Gasteiger partial charge in [-0.3, -0.25) is 14.9 Å². The molecule has 0 heterocycles. The second kappa shape index (κ2) is 5.69. The summed E-state index contributed by atoms with van der Waals surface area (Å²) < 4.78 is 0. The first-order valence-electron chi connectivity index (χ1n) is 5.80. The van der Waals surface area contributed by atoms with Crippen LogP contribution in [0.5, 0.6) is 0 Å². The fraction of sp³-hybridized carbons (Fsp3) is 0.462. The number of alkyl halides is 1. The maximum absolute atomic E-state index is 12.5. The maximum Gasteiger partial charge on any atom is 0.282 e. The van der Waals surface area contributed by atoms with Gasteiger partial charge in [0, 0.05) is 24.0 Å². The molecular formula is C13H17BrN2O3. The molecule has 0 aliphatic heterocycles. The van der Waals surface area contributed by atoms with Gasteiger partial charge < -0.3 is 4.90 Å². The Morgan fingerprint density at radius 1 is 1.47 bits per heavy atom. The molecule has 0 saturated heterocycles. The predicted molar refractivity (Wildman–Crippen MR) is 77.8 cm³/mol. The summed E-state index contributed by atoms with van der Waals surface area (Å²) in [4.78, 5) is 24.5. The number of carbonyl (C=O) groups is 1. The number of nitrogens with zero attached hydrogens (tertiary/aromatic N) is 2. The van der Waals surface area contributed by atoms with Crippen molar-refractivity contribution in [2.75, 3.05) is 12.4 Å². The number of nitro groups is 1. The Labute approximate surface area is 120 Å². The lowest BCUT2D eigenvalue weighted by Crippen LogP contribution is -2.46. The fourth-order valence-electron chi connectivity index (χ4n) is 1.61. The molecule has 1 amide bonds. The molecule has 1 aromatic carbocycles. The minimum atomic E-state index is -0.519. The first-order valence-corrected chi connectivity index (χ1v) is 6.92. The van der Waals surface area contributed by atoms with Crippen LogP contribution in [0.25, 0.3) is 0 Å². The van der Waals surface area contributed by atoms with Gasteiger partial charge in [0.05, 0.1) is 4.92 Å². The van der Waals surface area contributed by atoms with Crippen molar-refractivity contribution in [3.8, 4) is 0 Å². The van der Waals surface area contributed by atoms with Crippen molar-refractivity contribution in [3.63, 3.8) is 0 Å². The lowest BCUT2D eigenvalue weighted by atomic mass is 10.0. The normalized spacial score (nSPS) is 11.2. The minimum absolute atomic E-state index is 0.151. The summed E-state index contributed by atoms with van der Waals surface area (Å²) in [5, 5.41) is 11.6. The topological polar surface area (TPSA) is 63.5 Å². The van der Waals surface area contributed by atoms with E-state index < -0.39 is 10.5 Å². The third-order valence-corrected chi connectivity index (χ3v) is 4.57. The van der Waals surface area contributed by atoms with Crippen molar-refractivity contribution in [3.05, 3.63) is 39.4 Å². The van der Waals surface area contributed by atoms with Crippen molar-refractivity contribution >= 4 is 27.5 Å². The lowest BCUT2D eigenvalue weighted by molar-refractivity contribution is -0.385. The number of amides is 1. The highest BCUT2D eigenvalue weighted by molar-refractivity contribution is 9.09. The van der Waals surface area contributed by atoms with E-state index in [0.717, 1.165) is 0 Å². The van der Waals surface area contributed by atoms with E-state index in [2.05, 4.69) is 15.9 Å². The molecule has 0 fully saturated rings. The molecule has 0 spiro atoms. The number of benzene rings is 1. The van der Waals surface area contributed by atoms with E-state index in [0.29, 0.717) is 10.9 Å². The molecule has 0 aliphatic carbocycles. The molecule has 0 radical (unpaired) electrons. The molecule has 0 aromatic heterocycles. The van der Waals surface area contributed by atoms with Crippen molar-refractivity contribution in [2.45, 2.75) is 26.3 Å². The van der Waals surface area contributed by atoms with Gasteiger partial charge in [-0.25, -0.2) is 0 Å². The Kier molecular flexibility index (Phi) is 4.68. The molecule has 6 heteroatoms. The number of carbonyl (C=O) groups excluding carboxylic acids is 1. The first-order chi connectivity index (χ1) is 8.72. The first kappa shape index (κ1) is 15.6. The molecule has 1 rings (SSSR count). The molecule has 104 valence electrons. The summed E-state index contributed by atoms with van der Waals surface area (Å²) in [6, 6.07) is 4.64. The second-order valence-electron chi connectivity index (χ2n) is 5.04. The Hall–Kier alpha value is -1.43. The van der Waals surface area contributed by atoms with Gasteiger partial charge >= 0.3 is 0 Å². The largest absolute Gasteiger partial charge is 0.336 e. The van der Waals surface area contributed by atoms with Gasteiger partial charge in [-0.15, -0.1) is 0 Å². The summed E-state index contributed by atoms with van der Waals surface area (Å²) in [6.07, 6.45) is 0. The van der Waals surface area contributed by atoms with E-state index in [9.17, 15) is 14.9 Å². The number of hydrogen-bond acceptors (Lipinski definition) is 3. The molecule has 0 N–H and O–H groups in total. The molecule has 0 bridgehead atoms. The maximum atomic E-state index is 12.5. The van der Waals surface area contributed by atoms with Gasteiger partial charge in [0.25, 0.3) is 11.6 Å². The van der Waals surface area contributed by atoms with Gasteiger partial charge in [0.1, 0.15) is 5.56 Å². The summed E-state index contributed by atoms with van der Waals surface area (Å²) in [5.74, 6) is -0.339. The highest BCUT2D eigenvalue weighted by Gasteiger charge is 2.32. The Balaban J connectivity index is 3.31. The minimum Gasteiger partial charge on any atom is -0.336 e. The highest BCUT2D eigenvalue weighted by Crippen LogP contribution is 2.26. The van der Waals surface area contributed by atoms with Crippen LogP contribution in [0.15, 0.2) is 18.2 Å². The molecule has 0 atom stereocenters. The summed E-state index contributed by atoms with van der Waals surface area (Å²) in [6.45, 7) is 5.49. The fourth-order valence-corrected chi connectivity index (χ4v) is 1.99. The van der Waals surface area contributed by atoms with Crippen LogP contribution in [0.3, 0.4) is 0 Å². The van der Waals surface area contributed by atoms with E-state index in [-0.39, 0.29) is 17.2 Å². The smallest absolute Gasteiger partial charge is 0.282 e. The van der Waals surface area contributed by atoms with Gasteiger partial charge in [-0.2, -0.15) is 0 Å². The zero-order valence-electron chi connectivity index (χ0n) is 11.4. The average molecular weight is 329 g/mol. The van der Waals surface area contributed by atoms with Crippen molar-refractivity contribution < 1.29 is 9.72 Å². The molecule has 1 aromatic rings. The van der Waals surface area contributed by atoms with Crippen LogP contribution < -0.4 is 0 Å². The summed E-state index contributed by atoms with van der Waals surface area (Å²) >= 11 is 3.35. The third kappa shape index (κ3) is 3.12. The molecule has 0 saturated carbocycles. The van der Waals surface area contributed by atoms with E-state index in [4.69, 9.17) is 0 Å². The third-order valence-electron chi connectivity index (χ3n) is 3.20. The van der Waals surface area contributed by atoms with Crippen molar-refractivity contribution in [1.82, 2.24) is 4.90 Å². The average Bonchev–Trinajstić information content (AvgIpc) is 2.36. The molecule has 0 unspecified atom stereocenters. The predicted octanol–water partition coefficient (Wildman–Crippen LogP) is 3.15. The summed E-state index contributed by atoms with van der Waals surface area (Å²) in [7, 11) is 1.65. The van der Waals surface area contributed by atoms with Crippen LogP contribution in [0.1, 0.15) is 29.8 Å². The van der Waals surface area contributed by atoms with Gasteiger partial charge in [0.15, 0.2) is 0 Å². The quantitative estimate of drug-likeness (QED) is 0.484. The lowest BCUT2D eigenvalue weighted by Gasteiger charge is -2.34.